The Hall–Kier alpha value is -4.03. The van der Waals surface area contributed by atoms with Gasteiger partial charge in [-0.15, -0.1) is 0 Å². The zero-order valence-corrected chi connectivity index (χ0v) is 29.1. The van der Waals surface area contributed by atoms with Gasteiger partial charge >= 0.3 is 6.09 Å². The molecule has 0 aromatic heterocycles. The maximum Gasteiger partial charge on any atom is 0.410 e. The second kappa shape index (κ2) is 15.0. The minimum atomic E-state index is -0.947. The van der Waals surface area contributed by atoms with E-state index in [1.165, 1.54) is 11.0 Å². The number of carbonyl (C=O) groups excluding carboxylic acids is 4. The van der Waals surface area contributed by atoms with Crippen molar-refractivity contribution >= 4 is 23.8 Å². The van der Waals surface area contributed by atoms with Crippen LogP contribution in [0.4, 0.5) is 9.18 Å². The first-order valence-electron chi connectivity index (χ1n) is 16.6. The van der Waals surface area contributed by atoms with E-state index in [0.29, 0.717) is 37.3 Å². The molecule has 0 aliphatic carbocycles. The number of rotatable bonds is 8. The van der Waals surface area contributed by atoms with Crippen LogP contribution in [0.2, 0.25) is 0 Å². The van der Waals surface area contributed by atoms with Gasteiger partial charge in [-0.1, -0.05) is 63.2 Å². The molecule has 0 radical (unpaired) electrons. The van der Waals surface area contributed by atoms with Crippen LogP contribution in [-0.4, -0.2) is 107 Å². The van der Waals surface area contributed by atoms with E-state index in [2.05, 4.69) is 10.6 Å². The van der Waals surface area contributed by atoms with Crippen LogP contribution >= 0.6 is 0 Å². The van der Waals surface area contributed by atoms with Gasteiger partial charge in [-0.3, -0.25) is 19.3 Å². The molecule has 0 bridgehead atoms. The van der Waals surface area contributed by atoms with E-state index in [9.17, 15) is 28.7 Å². The smallest absolute Gasteiger partial charge is 0.410 e. The van der Waals surface area contributed by atoms with Gasteiger partial charge in [-0.25, -0.2) is 9.18 Å². The molecule has 4 rings (SSSR count). The first-order chi connectivity index (χ1) is 22.4. The average Bonchev–Trinajstić information content (AvgIpc) is 3.40. The van der Waals surface area contributed by atoms with Crippen LogP contribution in [-0.2, 0) is 19.1 Å². The van der Waals surface area contributed by atoms with E-state index in [0.717, 1.165) is 5.56 Å². The van der Waals surface area contributed by atoms with Crippen LogP contribution in [0.1, 0.15) is 66.5 Å². The summed E-state index contributed by atoms with van der Waals surface area (Å²) in [7, 11) is 0. The Morgan fingerprint density at radius 3 is 2.15 bits per heavy atom. The number of halogens is 1. The monoisotopic (exact) mass is 667 g/mol. The molecular formula is C36H50FN5O6. The number of hydrogen-bond acceptors (Lipinski definition) is 7. The van der Waals surface area contributed by atoms with Crippen molar-refractivity contribution in [3.8, 4) is 11.1 Å². The first-order valence-corrected chi connectivity index (χ1v) is 16.6. The third-order valence-electron chi connectivity index (χ3n) is 8.63. The van der Waals surface area contributed by atoms with Gasteiger partial charge in [0.25, 0.3) is 0 Å². The van der Waals surface area contributed by atoms with Crippen molar-refractivity contribution in [1.29, 1.82) is 0 Å². The van der Waals surface area contributed by atoms with Crippen molar-refractivity contribution in [2.24, 2.45) is 5.41 Å². The Labute approximate surface area is 282 Å². The lowest BCUT2D eigenvalue weighted by molar-refractivity contribution is -0.144. The standard InChI is InChI=1S/C36H50FN5O6/c1-23(24-12-14-25(15-13-24)27-10-8-9-11-28(27)37)38-32(45)29-20-26(43)21-42(29)33(46)31(35(2,3)4)39-30(44)22-40-16-18-41(19-17-40)34(47)48-36(5,6)7/h8-15,23,26,29,31,43H,16-22H2,1-7H3,(H,38,45)(H,39,44)/t23-,26+,29-,31+/m0/s1. The Bertz CT molecular complexity index is 1460. The molecule has 11 nitrogen and oxygen atoms in total. The second-order valence-corrected chi connectivity index (χ2v) is 14.8. The third kappa shape index (κ3) is 9.53. The Morgan fingerprint density at radius 2 is 1.56 bits per heavy atom. The molecule has 262 valence electrons. The molecule has 2 aliphatic heterocycles. The van der Waals surface area contributed by atoms with Gasteiger partial charge in [0.15, 0.2) is 0 Å². The fourth-order valence-electron chi connectivity index (χ4n) is 5.98. The molecule has 12 heteroatoms. The van der Waals surface area contributed by atoms with E-state index in [4.69, 9.17) is 4.74 Å². The first kappa shape index (κ1) is 36.8. The molecular weight excluding hydrogens is 617 g/mol. The molecule has 2 aromatic carbocycles. The molecule has 48 heavy (non-hydrogen) atoms. The molecule has 0 saturated carbocycles. The average molecular weight is 668 g/mol. The van der Waals surface area contributed by atoms with E-state index >= 15 is 0 Å². The van der Waals surface area contributed by atoms with Gasteiger partial charge < -0.3 is 30.3 Å². The molecule has 0 unspecified atom stereocenters. The topological polar surface area (TPSA) is 132 Å². The number of amides is 4. The summed E-state index contributed by atoms with van der Waals surface area (Å²) in [5.74, 6) is -1.52. The summed E-state index contributed by atoms with van der Waals surface area (Å²) in [6.45, 7) is 14.6. The zero-order chi connectivity index (χ0) is 35.4. The molecule has 2 fully saturated rings. The van der Waals surface area contributed by atoms with E-state index in [-0.39, 0.29) is 37.3 Å². The number of aliphatic hydroxyl groups excluding tert-OH is 1. The van der Waals surface area contributed by atoms with Gasteiger partial charge in [-0.2, -0.15) is 0 Å². The van der Waals surface area contributed by atoms with E-state index in [1.807, 2.05) is 65.5 Å². The highest BCUT2D eigenvalue weighted by Gasteiger charge is 2.45. The lowest BCUT2D eigenvalue weighted by Gasteiger charge is -2.37. The number of hydrogen-bond donors (Lipinski definition) is 3. The van der Waals surface area contributed by atoms with E-state index in [1.54, 1.807) is 35.2 Å². The molecule has 4 atom stereocenters. The summed E-state index contributed by atoms with van der Waals surface area (Å²) in [5.41, 5.74) is 0.709. The van der Waals surface area contributed by atoms with E-state index < -0.39 is 47.1 Å². The maximum absolute atomic E-state index is 14.2. The quantitative estimate of drug-likeness (QED) is 0.391. The SMILES string of the molecule is C[C@H](NC(=O)[C@@H]1C[C@@H](O)CN1C(=O)[C@@H](NC(=O)CN1CCN(C(=O)OC(C)(C)C)CC1)C(C)(C)C)c1ccc(-c2ccccc2F)cc1. The summed E-state index contributed by atoms with van der Waals surface area (Å²) in [5, 5.41) is 16.4. The molecule has 2 aromatic rings. The predicted octanol–water partition coefficient (Wildman–Crippen LogP) is 3.72. The number of β-amino-alcohol motifs (C(OH)–C–C–N with tert-alkyl or cyclic N) is 1. The van der Waals surface area contributed by atoms with Crippen LogP contribution in [0.15, 0.2) is 48.5 Å². The van der Waals surface area contributed by atoms with Gasteiger partial charge in [0.1, 0.15) is 23.5 Å². The van der Waals surface area contributed by atoms with Crippen molar-refractivity contribution in [3.05, 3.63) is 59.9 Å². The van der Waals surface area contributed by atoms with Crippen LogP contribution in [0.5, 0.6) is 0 Å². The summed E-state index contributed by atoms with van der Waals surface area (Å²) < 4.78 is 19.7. The lowest BCUT2D eigenvalue weighted by Crippen LogP contribution is -2.59. The minimum absolute atomic E-state index is 0.0300. The number of likely N-dealkylation sites (tertiary alicyclic amines) is 1. The molecule has 2 saturated heterocycles. The third-order valence-corrected chi connectivity index (χ3v) is 8.63. The highest BCUT2D eigenvalue weighted by atomic mass is 19.1. The Morgan fingerprint density at radius 1 is 0.938 bits per heavy atom. The van der Waals surface area contributed by atoms with Crippen molar-refractivity contribution in [3.63, 3.8) is 0 Å². The molecule has 3 N–H and O–H groups in total. The fourth-order valence-corrected chi connectivity index (χ4v) is 5.98. The maximum atomic E-state index is 14.2. The van der Waals surface area contributed by atoms with Crippen molar-refractivity contribution in [2.45, 2.75) is 84.7 Å². The number of nitrogens with one attached hydrogen (secondary N) is 2. The number of carbonyl (C=O) groups is 4. The van der Waals surface area contributed by atoms with Gasteiger partial charge in [0.05, 0.1) is 18.7 Å². The number of aliphatic hydroxyl groups is 1. The van der Waals surface area contributed by atoms with Crippen LogP contribution in [0, 0.1) is 11.2 Å². The predicted molar refractivity (Wildman–Crippen MR) is 180 cm³/mol. The number of benzene rings is 2. The summed E-state index contributed by atoms with van der Waals surface area (Å²) in [4.78, 5) is 58.1. The van der Waals surface area contributed by atoms with Crippen LogP contribution in [0.25, 0.3) is 11.1 Å². The van der Waals surface area contributed by atoms with Gasteiger partial charge in [0.2, 0.25) is 17.7 Å². The summed E-state index contributed by atoms with van der Waals surface area (Å²) >= 11 is 0. The molecule has 2 aliphatic rings. The van der Waals surface area contributed by atoms with Gasteiger partial charge in [0, 0.05) is 44.7 Å². The fraction of sp³-hybridized carbons (Fsp3) is 0.556. The molecule has 4 amide bonds. The summed E-state index contributed by atoms with van der Waals surface area (Å²) in [6, 6.07) is 11.5. The molecule has 0 spiro atoms. The van der Waals surface area contributed by atoms with Crippen molar-refractivity contribution in [2.75, 3.05) is 39.3 Å². The largest absolute Gasteiger partial charge is 0.444 e. The highest BCUT2D eigenvalue weighted by Crippen LogP contribution is 2.28. The van der Waals surface area contributed by atoms with Crippen molar-refractivity contribution < 1.29 is 33.4 Å². The lowest BCUT2D eigenvalue weighted by atomic mass is 9.85. The number of nitrogens with zero attached hydrogens (tertiary/aromatic N) is 3. The van der Waals surface area contributed by atoms with Gasteiger partial charge in [-0.05, 0) is 50.3 Å². The normalized spacial score (nSPS) is 20.2. The Kier molecular flexibility index (Phi) is 11.5. The zero-order valence-electron chi connectivity index (χ0n) is 29.1. The van der Waals surface area contributed by atoms with Crippen LogP contribution in [0.3, 0.4) is 0 Å². The minimum Gasteiger partial charge on any atom is -0.444 e. The van der Waals surface area contributed by atoms with Crippen LogP contribution < -0.4 is 10.6 Å². The van der Waals surface area contributed by atoms with Crippen molar-refractivity contribution in [1.82, 2.24) is 25.3 Å². The second-order valence-electron chi connectivity index (χ2n) is 14.8. The number of piperazine rings is 1. The highest BCUT2D eigenvalue weighted by molar-refractivity contribution is 5.93. The summed E-state index contributed by atoms with van der Waals surface area (Å²) in [6.07, 6.45) is -1.20. The Balaban J connectivity index is 1.36. The number of ether oxygens (including phenoxy) is 1. The molecule has 2 heterocycles.